The summed E-state index contributed by atoms with van der Waals surface area (Å²) in [4.78, 5) is 0. The first kappa shape index (κ1) is 15.1. The Hall–Kier alpha value is -1.33. The van der Waals surface area contributed by atoms with Crippen LogP contribution < -0.4 is 10.1 Å². The molecule has 0 saturated carbocycles. The molecule has 0 atom stereocenters. The Bertz CT molecular complexity index is 578. The summed E-state index contributed by atoms with van der Waals surface area (Å²) in [5.74, 6) is 0.146. The van der Waals surface area contributed by atoms with E-state index in [4.69, 9.17) is 11.6 Å². The van der Waals surface area contributed by atoms with Crippen LogP contribution in [0.25, 0.3) is 0 Å². The van der Waals surface area contributed by atoms with Crippen molar-refractivity contribution in [1.82, 2.24) is 0 Å². The average Bonchev–Trinajstić information content (AvgIpc) is 2.41. The second-order valence-electron chi connectivity index (χ2n) is 3.98. The van der Waals surface area contributed by atoms with E-state index < -0.39 is 6.61 Å². The van der Waals surface area contributed by atoms with Crippen LogP contribution in [0.3, 0.4) is 0 Å². The Morgan fingerprint density at radius 1 is 1.15 bits per heavy atom. The fourth-order valence-electron chi connectivity index (χ4n) is 1.63. The van der Waals surface area contributed by atoms with Gasteiger partial charge in [-0.05, 0) is 45.8 Å². The number of halogens is 4. The maximum absolute atomic E-state index is 12.0. The zero-order valence-corrected chi connectivity index (χ0v) is 12.6. The van der Waals surface area contributed by atoms with Crippen LogP contribution in [-0.2, 0) is 6.54 Å². The summed E-state index contributed by atoms with van der Waals surface area (Å²) in [6.45, 7) is -2.25. The minimum Gasteiger partial charge on any atom is -0.435 e. The lowest BCUT2D eigenvalue weighted by molar-refractivity contribution is -0.0498. The number of nitrogens with one attached hydrogen (secondary N) is 1. The monoisotopic (exact) mass is 361 g/mol. The Balaban J connectivity index is 1.99. The summed E-state index contributed by atoms with van der Waals surface area (Å²) in [5, 5.41) is 3.83. The van der Waals surface area contributed by atoms with E-state index in [9.17, 15) is 8.78 Å². The lowest BCUT2D eigenvalue weighted by Gasteiger charge is -2.10. The minimum absolute atomic E-state index is 0.146. The first-order valence-corrected chi connectivity index (χ1v) is 6.95. The molecule has 0 heterocycles. The van der Waals surface area contributed by atoms with Crippen LogP contribution >= 0.6 is 27.5 Å². The second-order valence-corrected chi connectivity index (χ2v) is 5.18. The van der Waals surface area contributed by atoms with Gasteiger partial charge in [-0.15, -0.1) is 0 Å². The Morgan fingerprint density at radius 2 is 1.85 bits per heavy atom. The molecule has 1 N–H and O–H groups in total. The summed E-state index contributed by atoms with van der Waals surface area (Å²) < 4.78 is 29.1. The van der Waals surface area contributed by atoms with Crippen LogP contribution in [0, 0.1) is 0 Å². The fraction of sp³-hybridized carbons (Fsp3) is 0.143. The molecule has 2 rings (SSSR count). The van der Waals surface area contributed by atoms with Crippen molar-refractivity contribution in [2.45, 2.75) is 13.2 Å². The molecule has 0 aliphatic rings. The van der Waals surface area contributed by atoms with Crippen molar-refractivity contribution in [3.05, 3.63) is 57.5 Å². The van der Waals surface area contributed by atoms with Crippen LogP contribution in [0.5, 0.6) is 5.75 Å². The standard InChI is InChI=1S/C14H11BrClF2NO/c15-13-11(16)2-1-3-12(13)19-8-9-4-6-10(7-5-9)20-14(17)18/h1-7,14,19H,8H2. The van der Waals surface area contributed by atoms with Crippen LogP contribution in [0.1, 0.15) is 5.56 Å². The van der Waals surface area contributed by atoms with E-state index in [1.54, 1.807) is 18.2 Å². The van der Waals surface area contributed by atoms with Gasteiger partial charge in [0.15, 0.2) is 0 Å². The first-order chi connectivity index (χ1) is 9.56. The number of hydrogen-bond acceptors (Lipinski definition) is 2. The lowest BCUT2D eigenvalue weighted by Crippen LogP contribution is -2.03. The summed E-state index contributed by atoms with van der Waals surface area (Å²) in [6, 6.07) is 12.0. The molecular formula is C14H11BrClF2NO. The highest BCUT2D eigenvalue weighted by molar-refractivity contribution is 9.10. The molecule has 106 valence electrons. The highest BCUT2D eigenvalue weighted by atomic mass is 79.9. The maximum atomic E-state index is 12.0. The number of alkyl halides is 2. The van der Waals surface area contributed by atoms with Gasteiger partial charge < -0.3 is 10.1 Å². The quantitative estimate of drug-likeness (QED) is 0.777. The molecule has 0 saturated heterocycles. The largest absolute Gasteiger partial charge is 0.435 e. The molecule has 0 aromatic heterocycles. The predicted octanol–water partition coefficient (Wildman–Crippen LogP) is 5.32. The zero-order valence-electron chi connectivity index (χ0n) is 10.2. The van der Waals surface area contributed by atoms with Gasteiger partial charge in [0.2, 0.25) is 0 Å². The normalized spacial score (nSPS) is 10.7. The van der Waals surface area contributed by atoms with Gasteiger partial charge in [-0.3, -0.25) is 0 Å². The Kier molecular flexibility index (Phi) is 5.20. The number of ether oxygens (including phenoxy) is 1. The van der Waals surface area contributed by atoms with Crippen molar-refractivity contribution in [3.63, 3.8) is 0 Å². The smallest absolute Gasteiger partial charge is 0.387 e. The van der Waals surface area contributed by atoms with Crippen LogP contribution in [0.2, 0.25) is 5.02 Å². The molecule has 2 aromatic carbocycles. The third-order valence-electron chi connectivity index (χ3n) is 2.58. The van der Waals surface area contributed by atoms with E-state index in [1.807, 2.05) is 12.1 Å². The third-order valence-corrected chi connectivity index (χ3v) is 3.98. The third kappa shape index (κ3) is 4.08. The number of rotatable bonds is 5. The molecule has 0 bridgehead atoms. The molecule has 2 aromatic rings. The van der Waals surface area contributed by atoms with E-state index in [2.05, 4.69) is 26.0 Å². The summed E-state index contributed by atoms with van der Waals surface area (Å²) in [5.41, 5.74) is 1.81. The van der Waals surface area contributed by atoms with Crippen molar-refractivity contribution in [2.24, 2.45) is 0 Å². The molecule has 20 heavy (non-hydrogen) atoms. The van der Waals surface area contributed by atoms with Gasteiger partial charge in [-0.2, -0.15) is 8.78 Å². The van der Waals surface area contributed by atoms with Crippen molar-refractivity contribution < 1.29 is 13.5 Å². The molecule has 0 aliphatic carbocycles. The fourth-order valence-corrected chi connectivity index (χ4v) is 2.21. The maximum Gasteiger partial charge on any atom is 0.387 e. The molecule has 2 nitrogen and oxygen atoms in total. The van der Waals surface area contributed by atoms with Crippen LogP contribution in [0.15, 0.2) is 46.9 Å². The van der Waals surface area contributed by atoms with Crippen LogP contribution in [-0.4, -0.2) is 6.61 Å². The van der Waals surface area contributed by atoms with E-state index in [0.717, 1.165) is 15.7 Å². The highest BCUT2D eigenvalue weighted by Crippen LogP contribution is 2.30. The average molecular weight is 363 g/mol. The first-order valence-electron chi connectivity index (χ1n) is 5.78. The number of hydrogen-bond donors (Lipinski definition) is 1. The van der Waals surface area contributed by atoms with Crippen LogP contribution in [0.4, 0.5) is 14.5 Å². The topological polar surface area (TPSA) is 21.3 Å². The lowest BCUT2D eigenvalue weighted by atomic mass is 10.2. The minimum atomic E-state index is -2.80. The van der Waals surface area contributed by atoms with Crippen molar-refractivity contribution in [1.29, 1.82) is 0 Å². The van der Waals surface area contributed by atoms with E-state index in [0.29, 0.717) is 11.6 Å². The molecule has 0 unspecified atom stereocenters. The molecule has 0 aliphatic heterocycles. The van der Waals surface area contributed by atoms with Gasteiger partial charge in [-0.1, -0.05) is 29.8 Å². The number of anilines is 1. The summed E-state index contributed by atoms with van der Waals surface area (Å²) in [7, 11) is 0. The molecular weight excluding hydrogens is 352 g/mol. The molecule has 0 amide bonds. The molecule has 0 radical (unpaired) electrons. The molecule has 0 spiro atoms. The predicted molar refractivity (Wildman–Crippen MR) is 79.6 cm³/mol. The van der Waals surface area contributed by atoms with Crippen molar-refractivity contribution in [3.8, 4) is 5.75 Å². The van der Waals surface area contributed by atoms with Gasteiger partial charge in [-0.25, -0.2) is 0 Å². The van der Waals surface area contributed by atoms with Crippen molar-refractivity contribution >= 4 is 33.2 Å². The van der Waals surface area contributed by atoms with E-state index in [1.165, 1.54) is 12.1 Å². The van der Waals surface area contributed by atoms with Gasteiger partial charge in [0.1, 0.15) is 5.75 Å². The summed E-state index contributed by atoms with van der Waals surface area (Å²) in [6.07, 6.45) is 0. The highest BCUT2D eigenvalue weighted by Gasteiger charge is 2.05. The second kappa shape index (κ2) is 6.90. The van der Waals surface area contributed by atoms with E-state index in [-0.39, 0.29) is 5.75 Å². The molecule has 6 heteroatoms. The van der Waals surface area contributed by atoms with Gasteiger partial charge in [0, 0.05) is 6.54 Å². The van der Waals surface area contributed by atoms with E-state index >= 15 is 0 Å². The zero-order chi connectivity index (χ0) is 14.5. The molecule has 0 fully saturated rings. The van der Waals surface area contributed by atoms with Crippen molar-refractivity contribution in [2.75, 3.05) is 5.32 Å². The van der Waals surface area contributed by atoms with Gasteiger partial charge in [0.05, 0.1) is 15.2 Å². The van der Waals surface area contributed by atoms with Gasteiger partial charge in [0.25, 0.3) is 0 Å². The van der Waals surface area contributed by atoms with Gasteiger partial charge >= 0.3 is 6.61 Å². The summed E-state index contributed by atoms with van der Waals surface area (Å²) >= 11 is 9.39. The number of benzene rings is 2. The Morgan fingerprint density at radius 3 is 2.50 bits per heavy atom. The Labute approximate surface area is 128 Å². The SMILES string of the molecule is FC(F)Oc1ccc(CNc2cccc(Cl)c2Br)cc1.